The molecule has 1 heterocycles. The van der Waals surface area contributed by atoms with E-state index in [1.807, 2.05) is 25.2 Å². The molecule has 2 aromatic rings. The standard InChI is InChI=1S/C15H17BrN2O/c1-10-7-8-15(19,12-6-4-3-5-11(10)12)14-13(16)9-17-18(14)2/h3-6,9-10,19H,7-8H2,1-2H3. The van der Waals surface area contributed by atoms with Gasteiger partial charge in [0.05, 0.1) is 16.4 Å². The van der Waals surface area contributed by atoms with E-state index >= 15 is 0 Å². The molecule has 0 saturated carbocycles. The molecule has 3 rings (SSSR count). The Bertz CT molecular complexity index is 603. The van der Waals surface area contributed by atoms with Gasteiger partial charge in [-0.15, -0.1) is 0 Å². The van der Waals surface area contributed by atoms with Crippen LogP contribution in [0.5, 0.6) is 0 Å². The number of hydrogen-bond acceptors (Lipinski definition) is 2. The van der Waals surface area contributed by atoms with Gasteiger partial charge in [-0.1, -0.05) is 31.2 Å². The summed E-state index contributed by atoms with van der Waals surface area (Å²) in [5, 5.41) is 15.5. The van der Waals surface area contributed by atoms with E-state index in [1.165, 1.54) is 5.56 Å². The third-order valence-corrected chi connectivity index (χ3v) is 4.74. The summed E-state index contributed by atoms with van der Waals surface area (Å²) in [5.41, 5.74) is 2.14. The lowest BCUT2D eigenvalue weighted by atomic mass is 9.73. The number of aromatic nitrogens is 2. The van der Waals surface area contributed by atoms with Crippen molar-refractivity contribution in [3.8, 4) is 0 Å². The van der Waals surface area contributed by atoms with E-state index in [4.69, 9.17) is 0 Å². The third kappa shape index (κ3) is 1.85. The van der Waals surface area contributed by atoms with Crippen molar-refractivity contribution in [3.05, 3.63) is 51.8 Å². The first-order valence-corrected chi connectivity index (χ1v) is 7.33. The number of rotatable bonds is 1. The van der Waals surface area contributed by atoms with Crippen LogP contribution in [0, 0.1) is 0 Å². The molecule has 0 radical (unpaired) electrons. The molecule has 3 nitrogen and oxygen atoms in total. The molecule has 0 amide bonds. The van der Waals surface area contributed by atoms with Crippen LogP contribution < -0.4 is 0 Å². The zero-order valence-corrected chi connectivity index (χ0v) is 12.7. The first-order valence-electron chi connectivity index (χ1n) is 6.54. The highest BCUT2D eigenvalue weighted by atomic mass is 79.9. The molecule has 1 N–H and O–H groups in total. The molecule has 1 aliphatic carbocycles. The maximum absolute atomic E-state index is 11.3. The number of aryl methyl sites for hydroxylation is 1. The molecule has 1 aliphatic rings. The van der Waals surface area contributed by atoms with E-state index in [9.17, 15) is 5.11 Å². The van der Waals surface area contributed by atoms with E-state index in [0.29, 0.717) is 5.92 Å². The predicted molar refractivity (Wildman–Crippen MR) is 78.0 cm³/mol. The molecular formula is C15H17BrN2O. The van der Waals surface area contributed by atoms with Crippen LogP contribution in [0.1, 0.15) is 42.5 Å². The molecule has 0 spiro atoms. The van der Waals surface area contributed by atoms with Crippen LogP contribution in [0.4, 0.5) is 0 Å². The number of hydrogen-bond donors (Lipinski definition) is 1. The first-order chi connectivity index (χ1) is 9.04. The van der Waals surface area contributed by atoms with E-state index in [-0.39, 0.29) is 0 Å². The minimum absolute atomic E-state index is 0.489. The Labute approximate surface area is 121 Å². The molecule has 1 aromatic carbocycles. The topological polar surface area (TPSA) is 38.1 Å². The first kappa shape index (κ1) is 12.9. The fourth-order valence-corrected chi connectivity index (χ4v) is 3.82. The number of halogens is 1. The van der Waals surface area contributed by atoms with Gasteiger partial charge in [0, 0.05) is 7.05 Å². The highest BCUT2D eigenvalue weighted by molar-refractivity contribution is 9.10. The van der Waals surface area contributed by atoms with Gasteiger partial charge in [0.1, 0.15) is 5.60 Å². The molecule has 1 aromatic heterocycles. The van der Waals surface area contributed by atoms with Gasteiger partial charge in [-0.3, -0.25) is 4.68 Å². The highest BCUT2D eigenvalue weighted by Gasteiger charge is 2.41. The fraction of sp³-hybridized carbons (Fsp3) is 0.400. The zero-order chi connectivity index (χ0) is 13.6. The minimum atomic E-state index is -0.951. The van der Waals surface area contributed by atoms with Crippen molar-refractivity contribution in [2.45, 2.75) is 31.3 Å². The predicted octanol–water partition coefficient (Wildman–Crippen LogP) is 3.32. The Kier molecular flexibility index (Phi) is 3.02. The van der Waals surface area contributed by atoms with Gasteiger partial charge >= 0.3 is 0 Å². The van der Waals surface area contributed by atoms with Crippen molar-refractivity contribution in [2.75, 3.05) is 0 Å². The van der Waals surface area contributed by atoms with Gasteiger partial charge in [-0.05, 0) is 45.8 Å². The van der Waals surface area contributed by atoms with E-state index in [1.54, 1.807) is 10.9 Å². The largest absolute Gasteiger partial charge is 0.379 e. The van der Waals surface area contributed by atoms with E-state index < -0.39 is 5.60 Å². The normalized spacial score (nSPS) is 26.2. The molecule has 19 heavy (non-hydrogen) atoms. The summed E-state index contributed by atoms with van der Waals surface area (Å²) in [5.74, 6) is 0.489. The van der Waals surface area contributed by atoms with Crippen LogP contribution in [-0.4, -0.2) is 14.9 Å². The summed E-state index contributed by atoms with van der Waals surface area (Å²) >= 11 is 3.51. The lowest BCUT2D eigenvalue weighted by molar-refractivity contribution is 0.0490. The Morgan fingerprint density at radius 2 is 2.16 bits per heavy atom. The summed E-state index contributed by atoms with van der Waals surface area (Å²) in [6.45, 7) is 2.22. The average molecular weight is 321 g/mol. The second-order valence-electron chi connectivity index (χ2n) is 5.35. The van der Waals surface area contributed by atoms with Crippen molar-refractivity contribution < 1.29 is 5.11 Å². The zero-order valence-electron chi connectivity index (χ0n) is 11.1. The molecule has 0 bridgehead atoms. The van der Waals surface area contributed by atoms with Gasteiger partial charge in [0.2, 0.25) is 0 Å². The summed E-state index contributed by atoms with van der Waals surface area (Å²) < 4.78 is 2.62. The number of aliphatic hydroxyl groups is 1. The molecule has 2 atom stereocenters. The van der Waals surface area contributed by atoms with Gasteiger partial charge in [-0.25, -0.2) is 0 Å². The van der Waals surface area contributed by atoms with Crippen molar-refractivity contribution in [3.63, 3.8) is 0 Å². The maximum atomic E-state index is 11.3. The lowest BCUT2D eigenvalue weighted by Crippen LogP contribution is -2.35. The molecule has 0 saturated heterocycles. The third-order valence-electron chi connectivity index (χ3n) is 4.16. The van der Waals surface area contributed by atoms with Gasteiger partial charge in [0.15, 0.2) is 0 Å². The molecule has 4 heteroatoms. The second-order valence-corrected chi connectivity index (χ2v) is 6.21. The second kappa shape index (κ2) is 4.46. The Hall–Kier alpha value is -1.13. The van der Waals surface area contributed by atoms with Crippen LogP contribution in [0.3, 0.4) is 0 Å². The van der Waals surface area contributed by atoms with Crippen molar-refractivity contribution in [1.29, 1.82) is 0 Å². The summed E-state index contributed by atoms with van der Waals surface area (Å²) in [6, 6.07) is 8.18. The van der Waals surface area contributed by atoms with Gasteiger partial charge < -0.3 is 5.11 Å². The van der Waals surface area contributed by atoms with Crippen LogP contribution in [0.15, 0.2) is 34.9 Å². The van der Waals surface area contributed by atoms with Crippen LogP contribution in [-0.2, 0) is 12.6 Å². The number of nitrogens with zero attached hydrogens (tertiary/aromatic N) is 2. The van der Waals surface area contributed by atoms with E-state index in [2.05, 4.69) is 34.0 Å². The fourth-order valence-electron chi connectivity index (χ4n) is 3.14. The summed E-state index contributed by atoms with van der Waals surface area (Å²) in [7, 11) is 1.87. The molecular weight excluding hydrogens is 304 g/mol. The summed E-state index contributed by atoms with van der Waals surface area (Å²) in [6.07, 6.45) is 3.45. The Morgan fingerprint density at radius 1 is 1.42 bits per heavy atom. The van der Waals surface area contributed by atoms with Gasteiger partial charge in [0.25, 0.3) is 0 Å². The summed E-state index contributed by atoms with van der Waals surface area (Å²) in [4.78, 5) is 0. The molecule has 0 aliphatic heterocycles. The lowest BCUT2D eigenvalue weighted by Gasteiger charge is -2.37. The quantitative estimate of drug-likeness (QED) is 0.875. The molecule has 100 valence electrons. The SMILES string of the molecule is CC1CCC(O)(c2c(Br)cnn2C)c2ccccc21. The Morgan fingerprint density at radius 3 is 2.84 bits per heavy atom. The molecule has 2 unspecified atom stereocenters. The van der Waals surface area contributed by atoms with Crippen LogP contribution in [0.25, 0.3) is 0 Å². The van der Waals surface area contributed by atoms with Crippen LogP contribution in [0.2, 0.25) is 0 Å². The van der Waals surface area contributed by atoms with E-state index in [0.717, 1.165) is 28.6 Å². The van der Waals surface area contributed by atoms with Crippen molar-refractivity contribution in [1.82, 2.24) is 9.78 Å². The van der Waals surface area contributed by atoms with Crippen LogP contribution >= 0.6 is 15.9 Å². The molecule has 0 fully saturated rings. The van der Waals surface area contributed by atoms with Gasteiger partial charge in [-0.2, -0.15) is 5.10 Å². The minimum Gasteiger partial charge on any atom is -0.379 e. The smallest absolute Gasteiger partial charge is 0.133 e. The van der Waals surface area contributed by atoms with Crippen molar-refractivity contribution in [2.24, 2.45) is 7.05 Å². The number of benzene rings is 1. The number of fused-ring (bicyclic) bond motifs is 1. The average Bonchev–Trinajstić information content (AvgIpc) is 2.75. The maximum Gasteiger partial charge on any atom is 0.133 e. The Balaban J connectivity index is 2.24. The van der Waals surface area contributed by atoms with Crippen molar-refractivity contribution >= 4 is 15.9 Å². The highest BCUT2D eigenvalue weighted by Crippen LogP contribution is 2.46. The monoisotopic (exact) mass is 320 g/mol.